The number of ketones is 3. The third-order valence-corrected chi connectivity index (χ3v) is 7.43. The molecule has 1 fully saturated rings. The monoisotopic (exact) mass is 452 g/mol. The van der Waals surface area contributed by atoms with Crippen molar-refractivity contribution >= 4 is 23.6 Å². The van der Waals surface area contributed by atoms with Crippen LogP contribution in [0.15, 0.2) is 76.4 Å². The average molecular weight is 453 g/mol. The summed E-state index contributed by atoms with van der Waals surface area (Å²) >= 11 is 0. The maximum atomic E-state index is 14.4. The van der Waals surface area contributed by atoms with Crippen LogP contribution in [0.25, 0.3) is 0 Å². The van der Waals surface area contributed by atoms with E-state index in [-0.39, 0.29) is 17.3 Å². The lowest BCUT2D eigenvalue weighted by molar-refractivity contribution is -0.132. The van der Waals surface area contributed by atoms with Crippen molar-refractivity contribution < 1.29 is 18.8 Å². The van der Waals surface area contributed by atoms with Crippen molar-refractivity contribution in [1.29, 1.82) is 0 Å². The number of benzene rings is 2. The molecule has 3 heterocycles. The quantitative estimate of drug-likeness (QED) is 0.521. The molecular formula is C28H24N2O4. The summed E-state index contributed by atoms with van der Waals surface area (Å²) in [5, 5.41) is 6.40. The fraction of sp³-hybridized carbons (Fsp3) is 0.286. The zero-order valence-corrected chi connectivity index (χ0v) is 19.2. The van der Waals surface area contributed by atoms with Gasteiger partial charge >= 0.3 is 0 Å². The van der Waals surface area contributed by atoms with Crippen molar-refractivity contribution in [2.45, 2.75) is 38.8 Å². The first-order valence-corrected chi connectivity index (χ1v) is 11.5. The molecule has 1 spiro atoms. The molecule has 3 atom stereocenters. The van der Waals surface area contributed by atoms with Crippen LogP contribution in [0.3, 0.4) is 0 Å². The molecule has 3 aromatic rings. The molecule has 1 unspecified atom stereocenters. The molecule has 2 aromatic carbocycles. The second-order valence-electron chi connectivity index (χ2n) is 10.3. The Labute approximate surface area is 197 Å². The number of carbonyl (C=O) groups is 3. The summed E-state index contributed by atoms with van der Waals surface area (Å²) in [4.78, 5) is 42.7. The van der Waals surface area contributed by atoms with Gasteiger partial charge in [-0.1, -0.05) is 69.3 Å². The van der Waals surface area contributed by atoms with Crippen LogP contribution in [0.5, 0.6) is 0 Å². The minimum atomic E-state index is -1.57. The second-order valence-corrected chi connectivity index (χ2v) is 10.3. The Hall–Kier alpha value is -3.80. The van der Waals surface area contributed by atoms with Crippen molar-refractivity contribution in [1.82, 2.24) is 5.01 Å². The molecule has 6 nitrogen and oxygen atoms in total. The lowest BCUT2D eigenvalue weighted by atomic mass is 9.63. The lowest BCUT2D eigenvalue weighted by Crippen LogP contribution is -2.45. The zero-order chi connectivity index (χ0) is 23.8. The standard InChI is InChI=1S/C28H24N2O4/c1-27(2,3)26(33)22-21(20-13-8-14-34-20)28(24(31)18-11-6-7-12-19(18)25(28)32)23-17-10-5-4-9-16(17)15-29-30(22)23/h4-15,21-23H,1-3H3/t21-,22+,23?/m0/s1. The molecule has 3 aliphatic rings. The first-order valence-electron chi connectivity index (χ1n) is 11.5. The van der Waals surface area contributed by atoms with Crippen LogP contribution in [0.2, 0.25) is 0 Å². The number of nitrogens with zero attached hydrogens (tertiary/aromatic N) is 2. The van der Waals surface area contributed by atoms with Crippen molar-refractivity contribution in [2.24, 2.45) is 15.9 Å². The van der Waals surface area contributed by atoms with E-state index in [1.165, 1.54) is 6.26 Å². The van der Waals surface area contributed by atoms with Crippen LogP contribution < -0.4 is 0 Å². The van der Waals surface area contributed by atoms with E-state index in [4.69, 9.17) is 9.52 Å². The second kappa shape index (κ2) is 6.86. The normalized spacial score (nSPS) is 24.3. The highest BCUT2D eigenvalue weighted by molar-refractivity contribution is 6.31. The fourth-order valence-electron chi connectivity index (χ4n) is 6.00. The van der Waals surface area contributed by atoms with Gasteiger partial charge in [0.1, 0.15) is 17.2 Å². The molecule has 170 valence electrons. The molecule has 1 aromatic heterocycles. The molecule has 2 aliphatic heterocycles. The first kappa shape index (κ1) is 20.8. The predicted octanol–water partition coefficient (Wildman–Crippen LogP) is 4.82. The highest BCUT2D eigenvalue weighted by Gasteiger charge is 2.73. The maximum Gasteiger partial charge on any atom is 0.180 e. The highest BCUT2D eigenvalue weighted by atomic mass is 16.3. The largest absolute Gasteiger partial charge is 0.469 e. The van der Waals surface area contributed by atoms with E-state index in [1.807, 2.05) is 45.0 Å². The smallest absolute Gasteiger partial charge is 0.180 e. The summed E-state index contributed by atoms with van der Waals surface area (Å²) in [5.41, 5.74) is 0.130. The number of carbonyl (C=O) groups excluding carboxylic acids is 3. The summed E-state index contributed by atoms with van der Waals surface area (Å²) in [7, 11) is 0. The molecular weight excluding hydrogens is 428 g/mol. The summed E-state index contributed by atoms with van der Waals surface area (Å²) < 4.78 is 5.85. The van der Waals surface area contributed by atoms with E-state index < -0.39 is 28.8 Å². The third-order valence-electron chi connectivity index (χ3n) is 7.43. The Kier molecular flexibility index (Phi) is 4.19. The molecule has 1 aliphatic carbocycles. The number of hydrogen-bond donors (Lipinski definition) is 0. The van der Waals surface area contributed by atoms with Crippen LogP contribution in [0, 0.1) is 10.8 Å². The van der Waals surface area contributed by atoms with Gasteiger partial charge in [-0.05, 0) is 23.3 Å². The first-order chi connectivity index (χ1) is 16.3. The molecule has 0 N–H and O–H groups in total. The fourth-order valence-corrected chi connectivity index (χ4v) is 6.00. The lowest BCUT2D eigenvalue weighted by Gasteiger charge is -2.36. The van der Waals surface area contributed by atoms with Gasteiger partial charge in [-0.25, -0.2) is 0 Å². The summed E-state index contributed by atoms with van der Waals surface area (Å²) in [6.07, 6.45) is 3.23. The number of Topliss-reactive ketones (excluding diaryl/α,β-unsaturated/α-hetero) is 3. The van der Waals surface area contributed by atoms with Crippen LogP contribution in [0.4, 0.5) is 0 Å². The summed E-state index contributed by atoms with van der Waals surface area (Å²) in [6, 6.07) is 16.5. The third kappa shape index (κ3) is 2.45. The maximum absolute atomic E-state index is 14.4. The van der Waals surface area contributed by atoms with Crippen LogP contribution >= 0.6 is 0 Å². The van der Waals surface area contributed by atoms with Crippen molar-refractivity contribution in [3.63, 3.8) is 0 Å². The molecule has 34 heavy (non-hydrogen) atoms. The minimum absolute atomic E-state index is 0.0936. The summed E-state index contributed by atoms with van der Waals surface area (Å²) in [5.74, 6) is -1.03. The number of fused-ring (bicyclic) bond motifs is 5. The van der Waals surface area contributed by atoms with E-state index in [0.29, 0.717) is 16.9 Å². The van der Waals surface area contributed by atoms with Crippen molar-refractivity contribution in [3.05, 3.63) is 94.9 Å². The Bertz CT molecular complexity index is 1340. The highest BCUT2D eigenvalue weighted by Crippen LogP contribution is 2.65. The zero-order valence-electron chi connectivity index (χ0n) is 19.2. The van der Waals surface area contributed by atoms with E-state index in [0.717, 1.165) is 11.1 Å². The van der Waals surface area contributed by atoms with Gasteiger partial charge in [0.2, 0.25) is 0 Å². The van der Waals surface area contributed by atoms with Gasteiger partial charge in [-0.15, -0.1) is 0 Å². The topological polar surface area (TPSA) is 79.9 Å². The van der Waals surface area contributed by atoms with Gasteiger partial charge in [0.25, 0.3) is 0 Å². The van der Waals surface area contributed by atoms with E-state index in [9.17, 15) is 14.4 Å². The Balaban J connectivity index is 1.71. The SMILES string of the molecule is CC(C)(C)C(=O)[C@H]1[C@H](c2ccco2)C2(C(=O)c3ccccc3C2=O)C2c3ccccc3C=NN21. The molecule has 0 radical (unpaired) electrons. The molecule has 0 amide bonds. The average Bonchev–Trinajstić information content (AvgIpc) is 3.51. The van der Waals surface area contributed by atoms with Crippen molar-refractivity contribution in [2.75, 3.05) is 0 Å². The minimum Gasteiger partial charge on any atom is -0.469 e. The Morgan fingerprint density at radius 2 is 1.59 bits per heavy atom. The van der Waals surface area contributed by atoms with Gasteiger partial charge in [0, 0.05) is 16.5 Å². The molecule has 6 heteroatoms. The van der Waals surface area contributed by atoms with Crippen LogP contribution in [-0.4, -0.2) is 34.6 Å². The number of hydrazone groups is 1. The number of hydrogen-bond acceptors (Lipinski definition) is 6. The van der Waals surface area contributed by atoms with E-state index in [1.54, 1.807) is 47.6 Å². The number of furan rings is 1. The Morgan fingerprint density at radius 3 is 2.21 bits per heavy atom. The number of rotatable bonds is 2. The summed E-state index contributed by atoms with van der Waals surface area (Å²) in [6.45, 7) is 5.55. The van der Waals surface area contributed by atoms with Gasteiger partial charge < -0.3 is 4.42 Å². The predicted molar refractivity (Wildman–Crippen MR) is 126 cm³/mol. The van der Waals surface area contributed by atoms with Crippen LogP contribution in [-0.2, 0) is 4.79 Å². The molecule has 0 bridgehead atoms. The van der Waals surface area contributed by atoms with E-state index >= 15 is 0 Å². The molecule has 6 rings (SSSR count). The van der Waals surface area contributed by atoms with Gasteiger partial charge in [-0.3, -0.25) is 19.4 Å². The Morgan fingerprint density at radius 1 is 0.941 bits per heavy atom. The van der Waals surface area contributed by atoms with Gasteiger partial charge in [0.15, 0.2) is 17.3 Å². The van der Waals surface area contributed by atoms with E-state index in [2.05, 4.69) is 0 Å². The molecule has 1 saturated heterocycles. The molecule has 0 saturated carbocycles. The van der Waals surface area contributed by atoms with Crippen molar-refractivity contribution in [3.8, 4) is 0 Å². The van der Waals surface area contributed by atoms with Crippen LogP contribution in [0.1, 0.15) is 70.3 Å². The van der Waals surface area contributed by atoms with Gasteiger partial charge in [-0.2, -0.15) is 5.10 Å². The van der Waals surface area contributed by atoms with Gasteiger partial charge in [0.05, 0.1) is 24.4 Å².